The Bertz CT molecular complexity index is 854. The first-order valence-electron chi connectivity index (χ1n) is 9.34. The van der Waals surface area contributed by atoms with Gasteiger partial charge in [0.2, 0.25) is 0 Å². The van der Waals surface area contributed by atoms with Crippen LogP contribution in [0.5, 0.6) is 0 Å². The molecule has 0 saturated carbocycles. The van der Waals surface area contributed by atoms with Gasteiger partial charge < -0.3 is 14.2 Å². The molecule has 1 fully saturated rings. The SMILES string of the molecule is CCn1c(CC[C@H]2CCN2C(=O)OC(C)(C)C)cc2ccc(C#N)cc21. The van der Waals surface area contributed by atoms with Crippen molar-refractivity contribution < 1.29 is 9.53 Å². The molecule has 5 nitrogen and oxygen atoms in total. The number of fused-ring (bicyclic) bond motifs is 1. The summed E-state index contributed by atoms with van der Waals surface area (Å²) >= 11 is 0. The van der Waals surface area contributed by atoms with Crippen LogP contribution in [0.25, 0.3) is 10.9 Å². The first-order valence-corrected chi connectivity index (χ1v) is 9.34. The molecule has 2 aromatic rings. The number of carbonyl (C=O) groups excluding carboxylic acids is 1. The number of amides is 1. The van der Waals surface area contributed by atoms with E-state index in [1.54, 1.807) is 0 Å². The Morgan fingerprint density at radius 3 is 2.69 bits per heavy atom. The van der Waals surface area contributed by atoms with Crippen LogP contribution >= 0.6 is 0 Å². The van der Waals surface area contributed by atoms with Gasteiger partial charge in [0.05, 0.1) is 11.6 Å². The van der Waals surface area contributed by atoms with Crippen LogP contribution in [0.1, 0.15) is 51.8 Å². The lowest BCUT2D eigenvalue weighted by molar-refractivity contribution is -0.00662. The minimum Gasteiger partial charge on any atom is -0.444 e. The molecule has 0 N–H and O–H groups in total. The van der Waals surface area contributed by atoms with Gasteiger partial charge in [-0.15, -0.1) is 0 Å². The molecular formula is C21H27N3O2. The summed E-state index contributed by atoms with van der Waals surface area (Å²) < 4.78 is 7.76. The van der Waals surface area contributed by atoms with Gasteiger partial charge in [0.15, 0.2) is 0 Å². The summed E-state index contributed by atoms with van der Waals surface area (Å²) in [5.74, 6) is 0. The van der Waals surface area contributed by atoms with E-state index in [-0.39, 0.29) is 12.1 Å². The van der Waals surface area contributed by atoms with Gasteiger partial charge in [-0.25, -0.2) is 4.79 Å². The maximum Gasteiger partial charge on any atom is 0.410 e. The number of aromatic nitrogens is 1. The number of hydrogen-bond acceptors (Lipinski definition) is 3. The van der Waals surface area contributed by atoms with Gasteiger partial charge in [-0.3, -0.25) is 0 Å². The molecule has 1 saturated heterocycles. The van der Waals surface area contributed by atoms with Gasteiger partial charge in [0.1, 0.15) is 5.60 Å². The highest BCUT2D eigenvalue weighted by Gasteiger charge is 2.34. The van der Waals surface area contributed by atoms with E-state index in [1.165, 1.54) is 11.1 Å². The normalized spacial score (nSPS) is 17.0. The number of benzene rings is 1. The number of ether oxygens (including phenoxy) is 1. The molecule has 1 aliphatic rings. The van der Waals surface area contributed by atoms with Crippen molar-refractivity contribution in [3.05, 3.63) is 35.5 Å². The predicted molar refractivity (Wildman–Crippen MR) is 102 cm³/mol. The largest absolute Gasteiger partial charge is 0.444 e. The molecular weight excluding hydrogens is 326 g/mol. The first-order chi connectivity index (χ1) is 12.3. The molecule has 1 aromatic carbocycles. The zero-order valence-corrected chi connectivity index (χ0v) is 16.1. The predicted octanol–water partition coefficient (Wildman–Crippen LogP) is 4.47. The zero-order valence-electron chi connectivity index (χ0n) is 16.1. The zero-order chi connectivity index (χ0) is 18.9. The molecule has 0 bridgehead atoms. The average Bonchev–Trinajstić information content (AvgIpc) is 2.88. The van der Waals surface area contributed by atoms with E-state index in [0.29, 0.717) is 5.56 Å². The summed E-state index contributed by atoms with van der Waals surface area (Å²) in [7, 11) is 0. The second-order valence-electron chi connectivity index (χ2n) is 7.92. The first kappa shape index (κ1) is 18.3. The molecule has 1 atom stereocenters. The van der Waals surface area contributed by atoms with Gasteiger partial charge in [-0.1, -0.05) is 6.07 Å². The van der Waals surface area contributed by atoms with Crippen LogP contribution in [-0.2, 0) is 17.7 Å². The Kier molecular flexibility index (Phi) is 4.95. The van der Waals surface area contributed by atoms with Crippen LogP contribution < -0.4 is 0 Å². The van der Waals surface area contributed by atoms with E-state index in [4.69, 9.17) is 10.00 Å². The molecule has 1 amide bonds. The minimum atomic E-state index is -0.454. The lowest BCUT2D eigenvalue weighted by atomic mass is 9.97. The van der Waals surface area contributed by atoms with Gasteiger partial charge in [0, 0.05) is 30.3 Å². The number of nitriles is 1. The number of aryl methyl sites for hydroxylation is 2. The van der Waals surface area contributed by atoms with Crippen LogP contribution in [0.3, 0.4) is 0 Å². The summed E-state index contributed by atoms with van der Waals surface area (Å²) in [5.41, 5.74) is 2.60. The second-order valence-corrected chi connectivity index (χ2v) is 7.92. The van der Waals surface area contributed by atoms with Crippen molar-refractivity contribution in [1.82, 2.24) is 9.47 Å². The Morgan fingerprint density at radius 1 is 1.35 bits per heavy atom. The van der Waals surface area contributed by atoms with Crippen LogP contribution in [0.4, 0.5) is 4.79 Å². The molecule has 138 valence electrons. The summed E-state index contributed by atoms with van der Waals surface area (Å²) in [6.45, 7) is 9.47. The Balaban J connectivity index is 1.70. The molecule has 0 radical (unpaired) electrons. The third kappa shape index (κ3) is 3.70. The van der Waals surface area contributed by atoms with Crippen molar-refractivity contribution in [3.8, 4) is 6.07 Å². The summed E-state index contributed by atoms with van der Waals surface area (Å²) in [5, 5.41) is 10.3. The average molecular weight is 353 g/mol. The Labute approximate surface area is 155 Å². The van der Waals surface area contributed by atoms with E-state index >= 15 is 0 Å². The van der Waals surface area contributed by atoms with E-state index in [0.717, 1.165) is 37.9 Å². The molecule has 26 heavy (non-hydrogen) atoms. The van der Waals surface area contributed by atoms with Crippen LogP contribution in [0.2, 0.25) is 0 Å². The maximum absolute atomic E-state index is 12.3. The second kappa shape index (κ2) is 7.03. The van der Waals surface area contributed by atoms with Crippen LogP contribution in [0.15, 0.2) is 24.3 Å². The third-order valence-corrected chi connectivity index (χ3v) is 4.94. The topological polar surface area (TPSA) is 58.3 Å². The van der Waals surface area contributed by atoms with Crippen molar-refractivity contribution in [2.24, 2.45) is 0 Å². The lowest BCUT2D eigenvalue weighted by Crippen LogP contribution is -2.52. The monoisotopic (exact) mass is 353 g/mol. The Morgan fingerprint density at radius 2 is 2.12 bits per heavy atom. The molecule has 5 heteroatoms. The van der Waals surface area contributed by atoms with E-state index in [1.807, 2.05) is 43.9 Å². The fraction of sp³-hybridized carbons (Fsp3) is 0.524. The molecule has 1 aliphatic heterocycles. The van der Waals surface area contributed by atoms with Crippen molar-refractivity contribution in [1.29, 1.82) is 5.26 Å². The smallest absolute Gasteiger partial charge is 0.410 e. The van der Waals surface area contributed by atoms with Crippen molar-refractivity contribution in [2.75, 3.05) is 6.54 Å². The number of nitrogens with zero attached hydrogens (tertiary/aromatic N) is 3. The molecule has 1 aromatic heterocycles. The van der Waals surface area contributed by atoms with Crippen molar-refractivity contribution >= 4 is 17.0 Å². The highest BCUT2D eigenvalue weighted by molar-refractivity contribution is 5.82. The number of hydrogen-bond donors (Lipinski definition) is 0. The summed E-state index contributed by atoms with van der Waals surface area (Å²) in [6.07, 6.45) is 2.67. The van der Waals surface area contributed by atoms with Gasteiger partial charge in [-0.05, 0) is 70.5 Å². The Hall–Kier alpha value is -2.48. The van der Waals surface area contributed by atoms with E-state index in [2.05, 4.69) is 23.6 Å². The molecule has 2 heterocycles. The van der Waals surface area contributed by atoms with Gasteiger partial charge in [0.25, 0.3) is 0 Å². The third-order valence-electron chi connectivity index (χ3n) is 4.94. The molecule has 0 aliphatic carbocycles. The van der Waals surface area contributed by atoms with Crippen LogP contribution in [-0.4, -0.2) is 33.7 Å². The van der Waals surface area contributed by atoms with Crippen molar-refractivity contribution in [2.45, 2.75) is 65.1 Å². The molecule has 0 spiro atoms. The minimum absolute atomic E-state index is 0.205. The quantitative estimate of drug-likeness (QED) is 0.814. The summed E-state index contributed by atoms with van der Waals surface area (Å²) in [6, 6.07) is 10.5. The summed E-state index contributed by atoms with van der Waals surface area (Å²) in [4.78, 5) is 14.1. The highest BCUT2D eigenvalue weighted by atomic mass is 16.6. The fourth-order valence-electron chi connectivity index (χ4n) is 3.58. The van der Waals surface area contributed by atoms with E-state index < -0.39 is 5.60 Å². The fourth-order valence-corrected chi connectivity index (χ4v) is 3.58. The number of rotatable bonds is 4. The number of likely N-dealkylation sites (tertiary alicyclic amines) is 1. The molecule has 0 unspecified atom stereocenters. The standard InChI is InChI=1S/C21H27N3O2/c1-5-23-18(13-16-7-6-15(14-22)12-19(16)23)9-8-17-10-11-24(17)20(25)26-21(2,3)4/h6-7,12-13,17H,5,8-11H2,1-4H3/t17-/m0/s1. The number of carbonyl (C=O) groups is 1. The van der Waals surface area contributed by atoms with Crippen molar-refractivity contribution in [3.63, 3.8) is 0 Å². The van der Waals surface area contributed by atoms with E-state index in [9.17, 15) is 4.79 Å². The van der Waals surface area contributed by atoms with Gasteiger partial charge in [-0.2, -0.15) is 5.26 Å². The molecule has 3 rings (SSSR count). The lowest BCUT2D eigenvalue weighted by Gasteiger charge is -2.41. The highest BCUT2D eigenvalue weighted by Crippen LogP contribution is 2.27. The van der Waals surface area contributed by atoms with Gasteiger partial charge >= 0.3 is 6.09 Å². The van der Waals surface area contributed by atoms with Crippen LogP contribution in [0, 0.1) is 11.3 Å². The maximum atomic E-state index is 12.3.